The Labute approximate surface area is 99.4 Å². The Bertz CT molecular complexity index is 422. The molecular weight excluding hydrogens is 220 g/mol. The highest BCUT2D eigenvalue weighted by Gasteiger charge is 2.24. The second-order valence-electron chi connectivity index (χ2n) is 4.06. The summed E-state index contributed by atoms with van der Waals surface area (Å²) in [6.45, 7) is 1.05. The zero-order chi connectivity index (χ0) is 12.3. The number of nitrogens with zero attached hydrogens (tertiary/aromatic N) is 3. The van der Waals surface area contributed by atoms with Gasteiger partial charge in [0.1, 0.15) is 5.69 Å². The van der Waals surface area contributed by atoms with Gasteiger partial charge in [-0.05, 0) is 25.0 Å². The number of aromatic nitrogens is 1. The maximum Gasteiger partial charge on any atom is 0.188 e. The molecule has 1 saturated heterocycles. The molecular formula is C11H16N4O2. The van der Waals surface area contributed by atoms with Gasteiger partial charge in [0.15, 0.2) is 5.84 Å². The summed E-state index contributed by atoms with van der Waals surface area (Å²) in [5.41, 5.74) is 6.88. The van der Waals surface area contributed by atoms with Crippen LogP contribution in [0.2, 0.25) is 0 Å². The van der Waals surface area contributed by atoms with E-state index in [1.807, 2.05) is 6.07 Å². The van der Waals surface area contributed by atoms with Gasteiger partial charge in [-0.2, -0.15) is 0 Å². The quantitative estimate of drug-likeness (QED) is 0.300. The lowest BCUT2D eigenvalue weighted by atomic mass is 10.2. The molecule has 0 radical (unpaired) electrons. The number of aliphatic hydroxyl groups excluding tert-OH is 1. The SMILES string of the molecule is NC(=NO)c1cc(N2CCCC2CO)ccn1. The molecule has 6 nitrogen and oxygen atoms in total. The van der Waals surface area contributed by atoms with Crippen molar-refractivity contribution in [2.24, 2.45) is 10.9 Å². The average molecular weight is 236 g/mol. The first-order chi connectivity index (χ1) is 8.26. The Balaban J connectivity index is 2.27. The molecule has 2 rings (SSSR count). The van der Waals surface area contributed by atoms with Crippen LogP contribution in [0.3, 0.4) is 0 Å². The largest absolute Gasteiger partial charge is 0.409 e. The highest BCUT2D eigenvalue weighted by molar-refractivity contribution is 5.95. The van der Waals surface area contributed by atoms with Crippen LogP contribution in [0.15, 0.2) is 23.5 Å². The highest BCUT2D eigenvalue weighted by atomic mass is 16.4. The topological polar surface area (TPSA) is 95.0 Å². The number of oxime groups is 1. The standard InChI is InChI=1S/C11H16N4O2/c12-11(14-17)10-6-8(3-4-13-10)15-5-1-2-9(15)7-16/h3-4,6,9,16-17H,1-2,5,7H2,(H2,12,14). The molecule has 2 heterocycles. The lowest BCUT2D eigenvalue weighted by molar-refractivity contribution is 0.266. The maximum atomic E-state index is 9.28. The zero-order valence-electron chi connectivity index (χ0n) is 9.45. The molecule has 0 spiro atoms. The van der Waals surface area contributed by atoms with Crippen LogP contribution in [0.4, 0.5) is 5.69 Å². The van der Waals surface area contributed by atoms with E-state index < -0.39 is 0 Å². The van der Waals surface area contributed by atoms with Gasteiger partial charge in [0.2, 0.25) is 0 Å². The van der Waals surface area contributed by atoms with Crippen LogP contribution < -0.4 is 10.6 Å². The summed E-state index contributed by atoms with van der Waals surface area (Å²) in [6, 6.07) is 3.78. The van der Waals surface area contributed by atoms with Crippen LogP contribution in [-0.4, -0.2) is 40.3 Å². The third-order valence-corrected chi connectivity index (χ3v) is 3.03. The van der Waals surface area contributed by atoms with Crippen molar-refractivity contribution in [3.8, 4) is 0 Å². The summed E-state index contributed by atoms with van der Waals surface area (Å²) in [4.78, 5) is 6.15. The Morgan fingerprint density at radius 3 is 3.18 bits per heavy atom. The van der Waals surface area contributed by atoms with Crippen molar-refractivity contribution in [2.45, 2.75) is 18.9 Å². The molecule has 1 unspecified atom stereocenters. The van der Waals surface area contributed by atoms with Crippen molar-refractivity contribution in [1.82, 2.24) is 4.98 Å². The molecule has 0 aliphatic carbocycles. The molecule has 4 N–H and O–H groups in total. The lowest BCUT2D eigenvalue weighted by Gasteiger charge is -2.25. The van der Waals surface area contributed by atoms with E-state index in [2.05, 4.69) is 15.0 Å². The molecule has 1 aromatic rings. The number of pyridine rings is 1. The predicted molar refractivity (Wildman–Crippen MR) is 64.2 cm³/mol. The number of amidine groups is 1. The molecule has 1 atom stereocenters. The number of nitrogens with two attached hydrogens (primary N) is 1. The molecule has 0 aromatic carbocycles. The smallest absolute Gasteiger partial charge is 0.188 e. The molecule has 6 heteroatoms. The minimum atomic E-state index is -0.00778. The Morgan fingerprint density at radius 2 is 2.47 bits per heavy atom. The van der Waals surface area contributed by atoms with Gasteiger partial charge in [0, 0.05) is 18.4 Å². The van der Waals surface area contributed by atoms with Crippen LogP contribution in [0.1, 0.15) is 18.5 Å². The molecule has 0 saturated carbocycles. The number of hydrogen-bond donors (Lipinski definition) is 3. The van der Waals surface area contributed by atoms with E-state index >= 15 is 0 Å². The van der Waals surface area contributed by atoms with Crippen LogP contribution >= 0.6 is 0 Å². The fourth-order valence-electron chi connectivity index (χ4n) is 2.15. The normalized spacial score (nSPS) is 20.9. The number of rotatable bonds is 3. The summed E-state index contributed by atoms with van der Waals surface area (Å²) in [5.74, 6) is -0.00778. The molecule has 92 valence electrons. The van der Waals surface area contributed by atoms with E-state index in [1.165, 1.54) is 0 Å². The van der Waals surface area contributed by atoms with Crippen molar-refractivity contribution in [2.75, 3.05) is 18.1 Å². The first kappa shape index (κ1) is 11.7. The van der Waals surface area contributed by atoms with Crippen LogP contribution in [0, 0.1) is 0 Å². The number of anilines is 1. The van der Waals surface area contributed by atoms with Gasteiger partial charge in [0.25, 0.3) is 0 Å². The molecule has 1 aromatic heterocycles. The van der Waals surface area contributed by atoms with Crippen molar-refractivity contribution in [1.29, 1.82) is 0 Å². The monoisotopic (exact) mass is 236 g/mol. The molecule has 1 aliphatic rings. The van der Waals surface area contributed by atoms with Crippen LogP contribution in [0.25, 0.3) is 0 Å². The number of hydrogen-bond acceptors (Lipinski definition) is 5. The molecule has 17 heavy (non-hydrogen) atoms. The Kier molecular flexibility index (Phi) is 3.43. The fourth-order valence-corrected chi connectivity index (χ4v) is 2.15. The maximum absolute atomic E-state index is 9.28. The number of aliphatic hydroxyl groups is 1. The summed E-state index contributed by atoms with van der Waals surface area (Å²) in [5, 5.41) is 20.8. The van der Waals surface area contributed by atoms with E-state index in [4.69, 9.17) is 10.9 Å². The van der Waals surface area contributed by atoms with Gasteiger partial charge in [-0.25, -0.2) is 0 Å². The highest BCUT2D eigenvalue weighted by Crippen LogP contribution is 2.25. The second kappa shape index (κ2) is 5.01. The van der Waals surface area contributed by atoms with E-state index in [-0.39, 0.29) is 18.5 Å². The van der Waals surface area contributed by atoms with Crippen molar-refractivity contribution >= 4 is 11.5 Å². The minimum absolute atomic E-state index is 0.00778. The van der Waals surface area contributed by atoms with Gasteiger partial charge in [-0.15, -0.1) is 0 Å². The van der Waals surface area contributed by atoms with Crippen molar-refractivity contribution < 1.29 is 10.3 Å². The fraction of sp³-hybridized carbons (Fsp3) is 0.455. The van der Waals surface area contributed by atoms with Gasteiger partial charge >= 0.3 is 0 Å². The Hall–Kier alpha value is -1.82. The van der Waals surface area contributed by atoms with Gasteiger partial charge < -0.3 is 20.9 Å². The average Bonchev–Trinajstić information content (AvgIpc) is 2.86. The zero-order valence-corrected chi connectivity index (χ0v) is 9.45. The van der Waals surface area contributed by atoms with Gasteiger partial charge in [-0.1, -0.05) is 5.16 Å². The van der Waals surface area contributed by atoms with Crippen LogP contribution in [-0.2, 0) is 0 Å². The third kappa shape index (κ3) is 2.31. The summed E-state index contributed by atoms with van der Waals surface area (Å²) < 4.78 is 0. The molecule has 1 fully saturated rings. The minimum Gasteiger partial charge on any atom is -0.409 e. The second-order valence-corrected chi connectivity index (χ2v) is 4.06. The van der Waals surface area contributed by atoms with E-state index in [0.29, 0.717) is 5.69 Å². The van der Waals surface area contributed by atoms with Crippen molar-refractivity contribution in [3.05, 3.63) is 24.0 Å². The summed E-state index contributed by atoms with van der Waals surface area (Å²) >= 11 is 0. The first-order valence-corrected chi connectivity index (χ1v) is 5.57. The van der Waals surface area contributed by atoms with Crippen molar-refractivity contribution in [3.63, 3.8) is 0 Å². The van der Waals surface area contributed by atoms with E-state index in [1.54, 1.807) is 12.3 Å². The van der Waals surface area contributed by atoms with Gasteiger partial charge in [0.05, 0.1) is 12.6 Å². The summed E-state index contributed by atoms with van der Waals surface area (Å²) in [7, 11) is 0. The first-order valence-electron chi connectivity index (χ1n) is 5.57. The molecule has 0 amide bonds. The third-order valence-electron chi connectivity index (χ3n) is 3.03. The summed E-state index contributed by atoms with van der Waals surface area (Å²) in [6.07, 6.45) is 3.67. The lowest BCUT2D eigenvalue weighted by Crippen LogP contribution is -2.32. The molecule has 1 aliphatic heterocycles. The Morgan fingerprint density at radius 1 is 1.65 bits per heavy atom. The van der Waals surface area contributed by atoms with Gasteiger partial charge in [-0.3, -0.25) is 4.98 Å². The molecule has 0 bridgehead atoms. The predicted octanol–water partition coefficient (Wildman–Crippen LogP) is 0.137. The van der Waals surface area contributed by atoms with Crippen LogP contribution in [0.5, 0.6) is 0 Å². The van der Waals surface area contributed by atoms with E-state index in [0.717, 1.165) is 25.1 Å². The van der Waals surface area contributed by atoms with E-state index in [9.17, 15) is 5.11 Å².